The number of hydrogen-bond donors (Lipinski definition) is 0. The van der Waals surface area contributed by atoms with Gasteiger partial charge in [-0.15, -0.1) is 0 Å². The van der Waals surface area contributed by atoms with Crippen molar-refractivity contribution in [1.82, 2.24) is 14.5 Å². The summed E-state index contributed by atoms with van der Waals surface area (Å²) >= 11 is 0. The first-order chi connectivity index (χ1) is 10.8. The van der Waals surface area contributed by atoms with E-state index in [1.54, 1.807) is 0 Å². The van der Waals surface area contributed by atoms with Gasteiger partial charge in [0.15, 0.2) is 0 Å². The summed E-state index contributed by atoms with van der Waals surface area (Å²) in [6.45, 7) is 6.10. The molecule has 0 radical (unpaired) electrons. The minimum Gasteiger partial charge on any atom is -0.326 e. The Hall–Kier alpha value is -1.35. The second kappa shape index (κ2) is 6.04. The van der Waals surface area contributed by atoms with Crippen molar-refractivity contribution in [2.75, 3.05) is 19.6 Å². The molecule has 3 heteroatoms. The van der Waals surface area contributed by atoms with Crippen LogP contribution in [0.1, 0.15) is 45.1 Å². The lowest BCUT2D eigenvalue weighted by Crippen LogP contribution is -2.43. The molecule has 1 aromatic carbocycles. The van der Waals surface area contributed by atoms with Gasteiger partial charge < -0.3 is 9.47 Å². The van der Waals surface area contributed by atoms with E-state index < -0.39 is 0 Å². The van der Waals surface area contributed by atoms with Crippen LogP contribution in [-0.4, -0.2) is 34.1 Å². The lowest BCUT2D eigenvalue weighted by molar-refractivity contribution is 0.0787. The highest BCUT2D eigenvalue weighted by Crippen LogP contribution is 2.36. The van der Waals surface area contributed by atoms with Gasteiger partial charge in [-0.2, -0.15) is 0 Å². The molecule has 1 saturated heterocycles. The molecule has 1 aliphatic carbocycles. The van der Waals surface area contributed by atoms with E-state index in [1.807, 2.05) is 6.33 Å². The summed E-state index contributed by atoms with van der Waals surface area (Å²) in [5, 5.41) is 0. The normalized spacial score (nSPS) is 27.7. The first-order valence-electron chi connectivity index (χ1n) is 8.95. The minimum atomic E-state index is 0.493. The van der Waals surface area contributed by atoms with Crippen LogP contribution < -0.4 is 0 Å². The molecule has 0 N–H and O–H groups in total. The third-order valence-electron chi connectivity index (χ3n) is 5.85. The van der Waals surface area contributed by atoms with E-state index in [2.05, 4.69) is 45.6 Å². The molecule has 0 amide bonds. The predicted molar refractivity (Wildman–Crippen MR) is 90.9 cm³/mol. The molecular weight excluding hydrogens is 270 g/mol. The highest BCUT2D eigenvalue weighted by atomic mass is 15.2. The SMILES string of the molecule is C[C@@H](CN1CC[C@@H]2CCCC[C@@H]2C1)n1cnc2ccccc21. The second-order valence-electron chi connectivity index (χ2n) is 7.34. The largest absolute Gasteiger partial charge is 0.326 e. The van der Waals surface area contributed by atoms with Gasteiger partial charge in [0, 0.05) is 19.1 Å². The molecule has 2 heterocycles. The Morgan fingerprint density at radius 3 is 2.86 bits per heavy atom. The van der Waals surface area contributed by atoms with Crippen molar-refractivity contribution in [2.45, 2.75) is 45.1 Å². The number of piperidine rings is 1. The molecule has 22 heavy (non-hydrogen) atoms. The first-order valence-corrected chi connectivity index (χ1v) is 8.95. The van der Waals surface area contributed by atoms with Crippen molar-refractivity contribution in [1.29, 1.82) is 0 Å². The number of para-hydroxylation sites is 2. The summed E-state index contributed by atoms with van der Waals surface area (Å²) in [5.74, 6) is 1.99. The Bertz CT molecular complexity index is 632. The zero-order chi connectivity index (χ0) is 14.9. The van der Waals surface area contributed by atoms with Crippen LogP contribution in [0.5, 0.6) is 0 Å². The van der Waals surface area contributed by atoms with Gasteiger partial charge in [0.1, 0.15) is 0 Å². The topological polar surface area (TPSA) is 21.1 Å². The fraction of sp³-hybridized carbons (Fsp3) is 0.632. The molecule has 2 aliphatic rings. The molecule has 1 aliphatic heterocycles. The molecule has 0 unspecified atom stereocenters. The van der Waals surface area contributed by atoms with Gasteiger partial charge in [0.2, 0.25) is 0 Å². The van der Waals surface area contributed by atoms with Crippen LogP contribution in [0.4, 0.5) is 0 Å². The summed E-state index contributed by atoms with van der Waals surface area (Å²) in [5.41, 5.74) is 2.38. The summed E-state index contributed by atoms with van der Waals surface area (Å²) in [4.78, 5) is 7.24. The van der Waals surface area contributed by atoms with Crippen LogP contribution >= 0.6 is 0 Å². The van der Waals surface area contributed by atoms with Crippen LogP contribution in [0.2, 0.25) is 0 Å². The fourth-order valence-corrected chi connectivity index (χ4v) is 4.63. The van der Waals surface area contributed by atoms with E-state index in [0.717, 1.165) is 23.9 Å². The number of fused-ring (bicyclic) bond motifs is 2. The molecule has 0 bridgehead atoms. The zero-order valence-corrected chi connectivity index (χ0v) is 13.6. The van der Waals surface area contributed by atoms with Gasteiger partial charge in [0.05, 0.1) is 17.4 Å². The number of nitrogens with zero attached hydrogens (tertiary/aromatic N) is 3. The first kappa shape index (κ1) is 14.3. The van der Waals surface area contributed by atoms with Gasteiger partial charge in [-0.05, 0) is 50.3 Å². The van der Waals surface area contributed by atoms with Crippen molar-refractivity contribution >= 4 is 11.0 Å². The van der Waals surface area contributed by atoms with E-state index in [0.29, 0.717) is 6.04 Å². The van der Waals surface area contributed by atoms with Gasteiger partial charge >= 0.3 is 0 Å². The Balaban J connectivity index is 1.44. The van der Waals surface area contributed by atoms with E-state index in [-0.39, 0.29) is 0 Å². The van der Waals surface area contributed by atoms with E-state index >= 15 is 0 Å². The van der Waals surface area contributed by atoms with Crippen molar-refractivity contribution in [3.63, 3.8) is 0 Å². The number of likely N-dealkylation sites (tertiary alicyclic amines) is 1. The average molecular weight is 297 g/mol. The van der Waals surface area contributed by atoms with Crippen molar-refractivity contribution in [3.05, 3.63) is 30.6 Å². The van der Waals surface area contributed by atoms with Crippen LogP contribution in [0.3, 0.4) is 0 Å². The van der Waals surface area contributed by atoms with Gasteiger partial charge in [-0.25, -0.2) is 4.98 Å². The molecule has 1 aromatic heterocycles. The number of benzene rings is 1. The van der Waals surface area contributed by atoms with Crippen LogP contribution in [0.15, 0.2) is 30.6 Å². The molecule has 4 rings (SSSR count). The Labute approximate surface area is 133 Å². The summed E-state index contributed by atoms with van der Waals surface area (Å²) in [7, 11) is 0. The lowest BCUT2D eigenvalue weighted by atomic mass is 9.75. The zero-order valence-electron chi connectivity index (χ0n) is 13.6. The molecule has 2 fully saturated rings. The number of hydrogen-bond acceptors (Lipinski definition) is 2. The highest BCUT2D eigenvalue weighted by Gasteiger charge is 2.31. The number of rotatable bonds is 3. The predicted octanol–water partition coefficient (Wildman–Crippen LogP) is 4.11. The summed E-state index contributed by atoms with van der Waals surface area (Å²) < 4.78 is 2.35. The van der Waals surface area contributed by atoms with E-state index in [4.69, 9.17) is 0 Å². The maximum Gasteiger partial charge on any atom is 0.0961 e. The van der Waals surface area contributed by atoms with Crippen molar-refractivity contribution < 1.29 is 0 Å². The molecule has 2 aromatic rings. The molecule has 3 atom stereocenters. The Morgan fingerprint density at radius 2 is 1.95 bits per heavy atom. The maximum atomic E-state index is 4.54. The minimum absolute atomic E-state index is 0.493. The van der Waals surface area contributed by atoms with Crippen LogP contribution in [-0.2, 0) is 0 Å². The molecular formula is C19H27N3. The number of imidazole rings is 1. The lowest BCUT2D eigenvalue weighted by Gasteiger charge is -2.42. The summed E-state index contributed by atoms with van der Waals surface area (Å²) in [6, 6.07) is 8.96. The van der Waals surface area contributed by atoms with Crippen LogP contribution in [0, 0.1) is 11.8 Å². The summed E-state index contributed by atoms with van der Waals surface area (Å²) in [6.07, 6.45) is 9.31. The fourth-order valence-electron chi connectivity index (χ4n) is 4.63. The third kappa shape index (κ3) is 2.67. The van der Waals surface area contributed by atoms with E-state index in [1.165, 1.54) is 50.7 Å². The quantitative estimate of drug-likeness (QED) is 0.850. The monoisotopic (exact) mass is 297 g/mol. The molecule has 0 spiro atoms. The standard InChI is InChI=1S/C19H27N3/c1-15(22-14-20-18-8-4-5-9-19(18)22)12-21-11-10-16-6-2-3-7-17(16)13-21/h4-5,8-9,14-17H,2-3,6-7,10-13H2,1H3/t15-,16-,17+/m0/s1. The van der Waals surface area contributed by atoms with Crippen molar-refractivity contribution in [2.24, 2.45) is 11.8 Å². The Morgan fingerprint density at radius 1 is 1.14 bits per heavy atom. The molecule has 1 saturated carbocycles. The second-order valence-corrected chi connectivity index (χ2v) is 7.34. The maximum absolute atomic E-state index is 4.54. The van der Waals surface area contributed by atoms with Crippen molar-refractivity contribution in [3.8, 4) is 0 Å². The molecule has 118 valence electrons. The highest BCUT2D eigenvalue weighted by molar-refractivity contribution is 5.75. The third-order valence-corrected chi connectivity index (χ3v) is 5.85. The van der Waals surface area contributed by atoms with Gasteiger partial charge in [-0.3, -0.25) is 0 Å². The smallest absolute Gasteiger partial charge is 0.0961 e. The van der Waals surface area contributed by atoms with Gasteiger partial charge in [-0.1, -0.05) is 31.4 Å². The molecule has 3 nitrogen and oxygen atoms in total. The average Bonchev–Trinajstić information content (AvgIpc) is 2.99. The van der Waals surface area contributed by atoms with Gasteiger partial charge in [0.25, 0.3) is 0 Å². The van der Waals surface area contributed by atoms with E-state index in [9.17, 15) is 0 Å². The Kier molecular flexibility index (Phi) is 3.91. The number of aromatic nitrogens is 2. The van der Waals surface area contributed by atoms with Crippen LogP contribution in [0.25, 0.3) is 11.0 Å².